The summed E-state index contributed by atoms with van der Waals surface area (Å²) in [6, 6.07) is 8.38. The van der Waals surface area contributed by atoms with Gasteiger partial charge in [-0.25, -0.2) is 4.98 Å². The van der Waals surface area contributed by atoms with Crippen LogP contribution < -0.4 is 0 Å². The molecule has 0 amide bonds. The Balaban J connectivity index is 2.24. The van der Waals surface area contributed by atoms with E-state index in [0.29, 0.717) is 0 Å². The number of halogens is 1. The van der Waals surface area contributed by atoms with E-state index in [1.54, 1.807) is 6.20 Å². The molecule has 3 heteroatoms. The van der Waals surface area contributed by atoms with Crippen LogP contribution in [-0.2, 0) is 6.54 Å². The number of hydrogen-bond acceptors (Lipinski definition) is 1. The zero-order valence-corrected chi connectivity index (χ0v) is 9.18. The van der Waals surface area contributed by atoms with E-state index < -0.39 is 0 Å². The smallest absolute Gasteiger partial charge is 0.0949 e. The lowest BCUT2D eigenvalue weighted by atomic mass is 10.2. The van der Waals surface area contributed by atoms with Gasteiger partial charge in [-0.05, 0) is 34.2 Å². The fraction of sp³-hybridized carbons (Fsp3) is 0.100. The van der Waals surface area contributed by atoms with E-state index in [1.165, 1.54) is 9.13 Å². The molecular weight excluding hydrogens is 275 g/mol. The van der Waals surface area contributed by atoms with E-state index in [-0.39, 0.29) is 0 Å². The lowest BCUT2D eigenvalue weighted by Gasteiger charge is -2.04. The highest BCUT2D eigenvalue weighted by atomic mass is 127. The van der Waals surface area contributed by atoms with Crippen molar-refractivity contribution in [1.82, 2.24) is 9.55 Å². The van der Waals surface area contributed by atoms with Crippen LogP contribution in [0, 0.1) is 3.57 Å². The van der Waals surface area contributed by atoms with E-state index in [9.17, 15) is 0 Å². The first kappa shape index (κ1) is 8.74. The van der Waals surface area contributed by atoms with Crippen LogP contribution in [0.4, 0.5) is 0 Å². The number of aromatic nitrogens is 2. The van der Waals surface area contributed by atoms with Gasteiger partial charge in [0.15, 0.2) is 0 Å². The maximum absolute atomic E-state index is 4.01. The normalized spacial score (nSPS) is 10.2. The maximum atomic E-state index is 4.01. The van der Waals surface area contributed by atoms with E-state index in [4.69, 9.17) is 0 Å². The van der Waals surface area contributed by atoms with Crippen molar-refractivity contribution in [3.63, 3.8) is 0 Å². The minimum Gasteiger partial charge on any atom is -0.333 e. The highest BCUT2D eigenvalue weighted by Crippen LogP contribution is 2.12. The van der Waals surface area contributed by atoms with Crippen molar-refractivity contribution in [2.24, 2.45) is 0 Å². The third-order valence-electron chi connectivity index (χ3n) is 1.87. The number of rotatable bonds is 2. The first-order chi connectivity index (χ1) is 6.36. The van der Waals surface area contributed by atoms with Crippen molar-refractivity contribution in [3.05, 3.63) is 52.1 Å². The molecule has 0 spiro atoms. The van der Waals surface area contributed by atoms with Crippen LogP contribution in [0.2, 0.25) is 0 Å². The molecule has 0 bridgehead atoms. The molecule has 1 heterocycles. The van der Waals surface area contributed by atoms with Crippen molar-refractivity contribution >= 4 is 22.6 Å². The van der Waals surface area contributed by atoms with Gasteiger partial charge in [-0.2, -0.15) is 0 Å². The van der Waals surface area contributed by atoms with Gasteiger partial charge in [0.1, 0.15) is 0 Å². The van der Waals surface area contributed by atoms with Gasteiger partial charge in [0.05, 0.1) is 6.33 Å². The van der Waals surface area contributed by atoms with E-state index in [2.05, 4.69) is 56.4 Å². The molecule has 0 saturated carbocycles. The van der Waals surface area contributed by atoms with Crippen molar-refractivity contribution in [1.29, 1.82) is 0 Å². The lowest BCUT2D eigenvalue weighted by molar-refractivity contribution is 0.794. The summed E-state index contributed by atoms with van der Waals surface area (Å²) in [6.07, 6.45) is 5.61. The molecule has 2 aromatic rings. The van der Waals surface area contributed by atoms with Crippen LogP contribution in [0.1, 0.15) is 5.56 Å². The molecule has 1 aromatic carbocycles. The standard InChI is InChI=1S/C10H9IN2/c11-10-4-2-1-3-9(10)7-13-6-5-12-8-13/h1-6,8H,7H2. The quantitative estimate of drug-likeness (QED) is 0.775. The number of hydrogen-bond donors (Lipinski definition) is 0. The fourth-order valence-electron chi connectivity index (χ4n) is 1.20. The average molecular weight is 284 g/mol. The third-order valence-corrected chi connectivity index (χ3v) is 2.92. The van der Waals surface area contributed by atoms with E-state index in [1.807, 2.05) is 12.5 Å². The predicted molar refractivity (Wildman–Crippen MR) is 60.5 cm³/mol. The molecule has 0 atom stereocenters. The Hall–Kier alpha value is -0.840. The highest BCUT2D eigenvalue weighted by molar-refractivity contribution is 14.1. The second-order valence-corrected chi connectivity index (χ2v) is 3.99. The summed E-state index contributed by atoms with van der Waals surface area (Å²) >= 11 is 2.35. The SMILES string of the molecule is Ic1ccccc1Cn1ccnc1. The van der Waals surface area contributed by atoms with Crippen LogP contribution in [-0.4, -0.2) is 9.55 Å². The first-order valence-corrected chi connectivity index (χ1v) is 5.13. The van der Waals surface area contributed by atoms with Crippen LogP contribution in [0.25, 0.3) is 0 Å². The molecule has 0 aliphatic rings. The van der Waals surface area contributed by atoms with Crippen molar-refractivity contribution in [3.8, 4) is 0 Å². The van der Waals surface area contributed by atoms with Crippen LogP contribution >= 0.6 is 22.6 Å². The van der Waals surface area contributed by atoms with E-state index >= 15 is 0 Å². The molecule has 13 heavy (non-hydrogen) atoms. The molecule has 0 fully saturated rings. The third kappa shape index (κ3) is 2.09. The molecule has 0 saturated heterocycles. The van der Waals surface area contributed by atoms with Crippen molar-refractivity contribution < 1.29 is 0 Å². The van der Waals surface area contributed by atoms with Gasteiger partial charge in [0.25, 0.3) is 0 Å². The lowest BCUT2D eigenvalue weighted by Crippen LogP contribution is -1.97. The summed E-state index contributed by atoms with van der Waals surface area (Å²) in [5.41, 5.74) is 1.33. The van der Waals surface area contributed by atoms with Crippen molar-refractivity contribution in [2.75, 3.05) is 0 Å². The molecule has 0 radical (unpaired) electrons. The zero-order chi connectivity index (χ0) is 9.10. The van der Waals surface area contributed by atoms with Gasteiger partial charge in [-0.15, -0.1) is 0 Å². The Morgan fingerprint density at radius 1 is 1.31 bits per heavy atom. The summed E-state index contributed by atoms with van der Waals surface area (Å²) in [7, 11) is 0. The molecule has 0 aliphatic heterocycles. The van der Waals surface area contributed by atoms with Gasteiger partial charge in [-0.1, -0.05) is 18.2 Å². The largest absolute Gasteiger partial charge is 0.333 e. The summed E-state index contributed by atoms with van der Waals surface area (Å²) in [6.45, 7) is 0.902. The second kappa shape index (κ2) is 3.91. The fourth-order valence-corrected chi connectivity index (χ4v) is 1.76. The summed E-state index contributed by atoms with van der Waals surface area (Å²) in [4.78, 5) is 4.01. The Labute approximate surface area is 90.8 Å². The Morgan fingerprint density at radius 3 is 2.85 bits per heavy atom. The zero-order valence-electron chi connectivity index (χ0n) is 7.02. The molecule has 66 valence electrons. The maximum Gasteiger partial charge on any atom is 0.0949 e. The summed E-state index contributed by atoms with van der Waals surface area (Å²) in [5.74, 6) is 0. The minimum absolute atomic E-state index is 0.902. The first-order valence-electron chi connectivity index (χ1n) is 4.05. The number of benzene rings is 1. The Bertz CT molecular complexity index is 382. The molecule has 0 N–H and O–H groups in total. The van der Waals surface area contributed by atoms with E-state index in [0.717, 1.165) is 6.54 Å². The molecule has 0 aliphatic carbocycles. The topological polar surface area (TPSA) is 17.8 Å². The highest BCUT2D eigenvalue weighted by Gasteiger charge is 1.97. The molecular formula is C10H9IN2. The molecule has 1 aromatic heterocycles. The Morgan fingerprint density at radius 2 is 2.15 bits per heavy atom. The average Bonchev–Trinajstić information content (AvgIpc) is 2.61. The summed E-state index contributed by atoms with van der Waals surface area (Å²) in [5, 5.41) is 0. The van der Waals surface area contributed by atoms with Crippen LogP contribution in [0.5, 0.6) is 0 Å². The van der Waals surface area contributed by atoms with Crippen LogP contribution in [0.15, 0.2) is 43.0 Å². The van der Waals surface area contributed by atoms with Crippen LogP contribution in [0.3, 0.4) is 0 Å². The number of nitrogens with zero attached hydrogens (tertiary/aromatic N) is 2. The van der Waals surface area contributed by atoms with Gasteiger partial charge in [-0.3, -0.25) is 0 Å². The predicted octanol–water partition coefficient (Wildman–Crippen LogP) is 2.54. The minimum atomic E-state index is 0.902. The molecule has 2 rings (SSSR count). The van der Waals surface area contributed by atoms with Gasteiger partial charge in [0, 0.05) is 22.5 Å². The summed E-state index contributed by atoms with van der Waals surface area (Å²) < 4.78 is 3.37. The van der Waals surface area contributed by atoms with Gasteiger partial charge >= 0.3 is 0 Å². The molecule has 0 unspecified atom stereocenters. The van der Waals surface area contributed by atoms with Crippen molar-refractivity contribution in [2.45, 2.75) is 6.54 Å². The van der Waals surface area contributed by atoms with Gasteiger partial charge in [0.2, 0.25) is 0 Å². The van der Waals surface area contributed by atoms with Gasteiger partial charge < -0.3 is 4.57 Å². The second-order valence-electron chi connectivity index (χ2n) is 2.83. The monoisotopic (exact) mass is 284 g/mol. The number of imidazole rings is 1. The molecule has 2 nitrogen and oxygen atoms in total. The Kier molecular flexibility index (Phi) is 2.63.